The maximum absolute atomic E-state index is 6.45. The highest BCUT2D eigenvalue weighted by atomic mass is 79.9. The Labute approximate surface area is 135 Å². The molecule has 0 aliphatic heterocycles. The van der Waals surface area contributed by atoms with Crippen molar-refractivity contribution >= 4 is 54.6 Å². The Morgan fingerprint density at radius 1 is 1.20 bits per heavy atom. The third kappa shape index (κ3) is 2.71. The quantitative estimate of drug-likeness (QED) is 0.578. The van der Waals surface area contributed by atoms with Crippen molar-refractivity contribution in [3.8, 4) is 0 Å². The number of aryl methyl sites for hydroxylation is 1. The van der Waals surface area contributed by atoms with Crippen LogP contribution in [0.1, 0.15) is 10.4 Å². The van der Waals surface area contributed by atoms with Gasteiger partial charge in [-0.05, 0) is 46.6 Å². The molecule has 1 aromatic heterocycles. The summed E-state index contributed by atoms with van der Waals surface area (Å²) < 4.78 is 2.31. The molecule has 1 heterocycles. The second kappa shape index (κ2) is 5.76. The van der Waals surface area contributed by atoms with Crippen LogP contribution in [0.5, 0.6) is 0 Å². The van der Waals surface area contributed by atoms with Gasteiger partial charge < -0.3 is 5.32 Å². The van der Waals surface area contributed by atoms with E-state index < -0.39 is 0 Å². The van der Waals surface area contributed by atoms with Crippen LogP contribution in [0.4, 0.5) is 5.69 Å². The summed E-state index contributed by atoms with van der Waals surface area (Å²) >= 11 is 11.8. The van der Waals surface area contributed by atoms with Crippen LogP contribution >= 0.6 is 38.9 Å². The maximum atomic E-state index is 6.45. The van der Waals surface area contributed by atoms with Gasteiger partial charge in [0.2, 0.25) is 0 Å². The number of halogens is 2. The predicted molar refractivity (Wildman–Crippen MR) is 93.0 cm³/mol. The van der Waals surface area contributed by atoms with Crippen molar-refractivity contribution in [1.82, 2.24) is 0 Å². The number of anilines is 1. The first-order chi connectivity index (χ1) is 9.65. The van der Waals surface area contributed by atoms with Crippen LogP contribution in [0.3, 0.4) is 0 Å². The lowest BCUT2D eigenvalue weighted by Crippen LogP contribution is -1.98. The van der Waals surface area contributed by atoms with E-state index in [-0.39, 0.29) is 0 Å². The molecule has 0 saturated heterocycles. The Balaban J connectivity index is 1.85. The van der Waals surface area contributed by atoms with Gasteiger partial charge in [-0.15, -0.1) is 11.3 Å². The summed E-state index contributed by atoms with van der Waals surface area (Å²) in [6.45, 7) is 2.82. The highest BCUT2D eigenvalue weighted by Crippen LogP contribution is 2.36. The monoisotopic (exact) mass is 365 g/mol. The molecule has 0 bridgehead atoms. The molecule has 0 spiro atoms. The molecule has 3 aromatic rings. The van der Waals surface area contributed by atoms with Gasteiger partial charge in [0.15, 0.2) is 0 Å². The Bertz CT molecular complexity index is 766. The highest BCUT2D eigenvalue weighted by Gasteiger charge is 2.10. The van der Waals surface area contributed by atoms with E-state index in [4.69, 9.17) is 11.6 Å². The Hall–Kier alpha value is -1.03. The van der Waals surface area contributed by atoms with E-state index in [1.165, 1.54) is 15.1 Å². The minimum Gasteiger partial charge on any atom is -0.379 e. The number of hydrogen-bond acceptors (Lipinski definition) is 2. The van der Waals surface area contributed by atoms with Gasteiger partial charge in [-0.25, -0.2) is 0 Å². The SMILES string of the molecule is Cc1ccc(NCc2sc3ccccc3c2Cl)c(Br)c1. The molecule has 0 saturated carbocycles. The molecule has 1 nitrogen and oxygen atoms in total. The van der Waals surface area contributed by atoms with Crippen molar-refractivity contribution in [2.75, 3.05) is 5.32 Å². The van der Waals surface area contributed by atoms with Crippen molar-refractivity contribution in [2.45, 2.75) is 13.5 Å². The first-order valence-electron chi connectivity index (χ1n) is 6.31. The van der Waals surface area contributed by atoms with Gasteiger partial charge in [-0.3, -0.25) is 0 Å². The number of rotatable bonds is 3. The summed E-state index contributed by atoms with van der Waals surface area (Å²) in [4.78, 5) is 1.17. The standard InChI is InChI=1S/C16H13BrClNS/c1-10-6-7-13(12(17)8-10)19-9-15-16(18)11-4-2-3-5-14(11)20-15/h2-8,19H,9H2,1H3. The van der Waals surface area contributed by atoms with Crippen molar-refractivity contribution in [3.63, 3.8) is 0 Å². The molecule has 3 rings (SSSR count). The van der Waals surface area contributed by atoms with E-state index in [0.29, 0.717) is 0 Å². The van der Waals surface area contributed by atoms with E-state index in [2.05, 4.69) is 58.5 Å². The van der Waals surface area contributed by atoms with Gasteiger partial charge in [-0.1, -0.05) is 35.9 Å². The fraction of sp³-hybridized carbons (Fsp3) is 0.125. The third-order valence-electron chi connectivity index (χ3n) is 3.17. The molecule has 20 heavy (non-hydrogen) atoms. The third-order valence-corrected chi connectivity index (χ3v) is 5.54. The number of hydrogen-bond donors (Lipinski definition) is 1. The lowest BCUT2D eigenvalue weighted by molar-refractivity contribution is 1.19. The van der Waals surface area contributed by atoms with Crippen LogP contribution in [0.15, 0.2) is 46.9 Å². The molecule has 4 heteroatoms. The summed E-state index contributed by atoms with van der Waals surface area (Å²) in [7, 11) is 0. The summed E-state index contributed by atoms with van der Waals surface area (Å²) in [6, 6.07) is 14.5. The van der Waals surface area contributed by atoms with E-state index in [0.717, 1.165) is 27.1 Å². The molecule has 0 aliphatic rings. The normalized spacial score (nSPS) is 10.9. The predicted octanol–water partition coefficient (Wildman–Crippen LogP) is 6.24. The number of fused-ring (bicyclic) bond motifs is 1. The van der Waals surface area contributed by atoms with Gasteiger partial charge in [-0.2, -0.15) is 0 Å². The topological polar surface area (TPSA) is 12.0 Å². The molecule has 0 radical (unpaired) electrons. The second-order valence-electron chi connectivity index (χ2n) is 4.67. The minimum absolute atomic E-state index is 0.736. The van der Waals surface area contributed by atoms with Crippen molar-refractivity contribution < 1.29 is 0 Å². The summed E-state index contributed by atoms with van der Waals surface area (Å²) in [5, 5.41) is 5.44. The fourth-order valence-corrected chi connectivity index (χ4v) is 4.19. The number of benzene rings is 2. The Kier molecular flexibility index (Phi) is 4.01. The Morgan fingerprint density at radius 3 is 2.75 bits per heavy atom. The highest BCUT2D eigenvalue weighted by molar-refractivity contribution is 9.10. The molecular weight excluding hydrogens is 354 g/mol. The van der Waals surface area contributed by atoms with E-state index in [1.807, 2.05) is 12.1 Å². The lowest BCUT2D eigenvalue weighted by atomic mass is 10.2. The van der Waals surface area contributed by atoms with Crippen LogP contribution in [-0.2, 0) is 6.54 Å². The molecular formula is C16H13BrClNS. The minimum atomic E-state index is 0.736. The van der Waals surface area contributed by atoms with E-state index >= 15 is 0 Å². The average Bonchev–Trinajstić information content (AvgIpc) is 2.75. The average molecular weight is 367 g/mol. The number of thiophene rings is 1. The molecule has 102 valence electrons. The first kappa shape index (κ1) is 13.9. The molecule has 0 amide bonds. The van der Waals surface area contributed by atoms with Gasteiger partial charge in [0.1, 0.15) is 0 Å². The second-order valence-corrected chi connectivity index (χ2v) is 7.04. The van der Waals surface area contributed by atoms with E-state index in [1.54, 1.807) is 11.3 Å². The zero-order valence-corrected chi connectivity index (χ0v) is 14.1. The molecule has 1 N–H and O–H groups in total. The van der Waals surface area contributed by atoms with Crippen LogP contribution in [0.25, 0.3) is 10.1 Å². The molecule has 0 aliphatic carbocycles. The fourth-order valence-electron chi connectivity index (χ4n) is 2.12. The molecule has 2 aromatic carbocycles. The smallest absolute Gasteiger partial charge is 0.0642 e. The van der Waals surface area contributed by atoms with Crippen LogP contribution < -0.4 is 5.32 Å². The van der Waals surface area contributed by atoms with Crippen LogP contribution in [-0.4, -0.2) is 0 Å². The summed E-state index contributed by atoms with van der Waals surface area (Å²) in [5.41, 5.74) is 2.33. The van der Waals surface area contributed by atoms with E-state index in [9.17, 15) is 0 Å². The van der Waals surface area contributed by atoms with Gasteiger partial charge in [0.25, 0.3) is 0 Å². The van der Waals surface area contributed by atoms with Crippen LogP contribution in [0.2, 0.25) is 5.02 Å². The maximum Gasteiger partial charge on any atom is 0.0642 e. The molecule has 0 unspecified atom stereocenters. The zero-order valence-electron chi connectivity index (χ0n) is 10.9. The molecule has 0 atom stereocenters. The van der Waals surface area contributed by atoms with Gasteiger partial charge >= 0.3 is 0 Å². The van der Waals surface area contributed by atoms with Gasteiger partial charge in [0.05, 0.1) is 11.6 Å². The summed E-state index contributed by atoms with van der Waals surface area (Å²) in [5.74, 6) is 0. The number of nitrogens with one attached hydrogen (secondary N) is 1. The summed E-state index contributed by atoms with van der Waals surface area (Å²) in [6.07, 6.45) is 0. The van der Waals surface area contributed by atoms with Crippen LogP contribution in [0, 0.1) is 6.92 Å². The lowest BCUT2D eigenvalue weighted by Gasteiger charge is -2.08. The zero-order chi connectivity index (χ0) is 14.1. The van der Waals surface area contributed by atoms with Crippen molar-refractivity contribution in [3.05, 3.63) is 62.4 Å². The Morgan fingerprint density at radius 2 is 2.00 bits per heavy atom. The molecule has 0 fully saturated rings. The largest absolute Gasteiger partial charge is 0.379 e. The van der Waals surface area contributed by atoms with Crippen molar-refractivity contribution in [2.24, 2.45) is 0 Å². The first-order valence-corrected chi connectivity index (χ1v) is 8.30. The van der Waals surface area contributed by atoms with Crippen molar-refractivity contribution in [1.29, 1.82) is 0 Å². The van der Waals surface area contributed by atoms with Gasteiger partial charge in [0, 0.05) is 25.1 Å².